The third kappa shape index (κ3) is 1.67. The first kappa shape index (κ1) is 8.96. The van der Waals surface area contributed by atoms with E-state index in [-0.39, 0.29) is 6.42 Å². The van der Waals surface area contributed by atoms with Crippen LogP contribution in [0.2, 0.25) is 0 Å². The minimum absolute atomic E-state index is 0.132. The van der Waals surface area contributed by atoms with Crippen molar-refractivity contribution in [3.05, 3.63) is 29.7 Å². The lowest BCUT2D eigenvalue weighted by Gasteiger charge is -1.93. The number of aromatic nitrogens is 1. The third-order valence-corrected chi connectivity index (χ3v) is 2.58. The van der Waals surface area contributed by atoms with E-state index in [1.165, 1.54) is 17.7 Å². The van der Waals surface area contributed by atoms with Crippen LogP contribution in [0, 0.1) is 0 Å². The number of carboxylic acids is 1. The van der Waals surface area contributed by atoms with Crippen molar-refractivity contribution in [2.45, 2.75) is 6.42 Å². The molecular formula is C9H7NO3S. The number of nitrogens with zero attached hydrogens (tertiary/aromatic N) is 1. The van der Waals surface area contributed by atoms with Gasteiger partial charge in [-0.3, -0.25) is 4.79 Å². The smallest absolute Gasteiger partial charge is 0.311 e. The summed E-state index contributed by atoms with van der Waals surface area (Å²) in [6.07, 6.45) is 1.14. The summed E-state index contributed by atoms with van der Waals surface area (Å²) in [4.78, 5) is 15.4. The number of aliphatic carboxylic acids is 1. The molecule has 0 radical (unpaired) electrons. The summed E-state index contributed by atoms with van der Waals surface area (Å²) in [5, 5.41) is 10.5. The molecule has 0 atom stereocenters. The summed E-state index contributed by atoms with van der Waals surface area (Å²) in [5.74, 6) is -0.514. The number of hydrogen-bond acceptors (Lipinski definition) is 4. The molecule has 0 aliphatic rings. The molecule has 2 aromatic rings. The van der Waals surface area contributed by atoms with Gasteiger partial charge in [0.1, 0.15) is 17.9 Å². The van der Waals surface area contributed by atoms with E-state index in [1.54, 1.807) is 0 Å². The third-order valence-electron chi connectivity index (χ3n) is 1.71. The molecule has 2 heterocycles. The first-order valence-electron chi connectivity index (χ1n) is 3.95. The van der Waals surface area contributed by atoms with Crippen LogP contribution in [0.4, 0.5) is 0 Å². The molecule has 0 aliphatic heterocycles. The van der Waals surface area contributed by atoms with E-state index in [0.29, 0.717) is 11.5 Å². The molecule has 2 rings (SSSR count). The van der Waals surface area contributed by atoms with Crippen molar-refractivity contribution in [2.75, 3.05) is 0 Å². The minimum Gasteiger partial charge on any atom is -0.481 e. The Morgan fingerprint density at radius 1 is 1.64 bits per heavy atom. The predicted octanol–water partition coefficient (Wildman–Crippen LogP) is 2.03. The first-order chi connectivity index (χ1) is 6.77. The van der Waals surface area contributed by atoms with Crippen LogP contribution in [0.15, 0.2) is 28.3 Å². The lowest BCUT2D eigenvalue weighted by atomic mass is 10.2. The van der Waals surface area contributed by atoms with E-state index in [4.69, 9.17) is 9.52 Å². The number of rotatable bonds is 3. The van der Waals surface area contributed by atoms with Crippen molar-refractivity contribution in [3.63, 3.8) is 0 Å². The van der Waals surface area contributed by atoms with Crippen molar-refractivity contribution in [3.8, 4) is 10.6 Å². The summed E-state index contributed by atoms with van der Waals surface area (Å²) in [6, 6.07) is 3.77. The molecular weight excluding hydrogens is 202 g/mol. The topological polar surface area (TPSA) is 63.3 Å². The summed E-state index contributed by atoms with van der Waals surface area (Å²) < 4.78 is 5.01. The Labute approximate surface area is 83.8 Å². The predicted molar refractivity (Wildman–Crippen MR) is 51.2 cm³/mol. The van der Waals surface area contributed by atoms with Crippen LogP contribution < -0.4 is 0 Å². The van der Waals surface area contributed by atoms with Crippen LogP contribution in [0.5, 0.6) is 0 Å². The Morgan fingerprint density at radius 2 is 2.50 bits per heavy atom. The van der Waals surface area contributed by atoms with E-state index >= 15 is 0 Å². The minimum atomic E-state index is -0.917. The van der Waals surface area contributed by atoms with Gasteiger partial charge in [-0.05, 0) is 11.4 Å². The maximum absolute atomic E-state index is 10.5. The van der Waals surface area contributed by atoms with Crippen molar-refractivity contribution >= 4 is 17.3 Å². The fourth-order valence-electron chi connectivity index (χ4n) is 1.15. The van der Waals surface area contributed by atoms with Gasteiger partial charge in [-0.15, -0.1) is 11.3 Å². The van der Waals surface area contributed by atoms with Crippen molar-refractivity contribution < 1.29 is 14.3 Å². The Hall–Kier alpha value is -1.62. The normalized spacial score (nSPS) is 10.3. The van der Waals surface area contributed by atoms with Gasteiger partial charge in [0.15, 0.2) is 6.39 Å². The molecule has 4 nitrogen and oxygen atoms in total. The number of carboxylic acid groups (broad SMARTS) is 1. The van der Waals surface area contributed by atoms with Crippen molar-refractivity contribution in [1.82, 2.24) is 4.98 Å². The molecule has 14 heavy (non-hydrogen) atoms. The average Bonchev–Trinajstić information content (AvgIpc) is 2.70. The second-order valence-corrected chi connectivity index (χ2v) is 3.62. The van der Waals surface area contributed by atoms with Crippen LogP contribution >= 0.6 is 11.3 Å². The highest BCUT2D eigenvalue weighted by Gasteiger charge is 2.14. The quantitative estimate of drug-likeness (QED) is 0.840. The molecule has 0 bridgehead atoms. The molecule has 2 aromatic heterocycles. The number of hydrogen-bond donors (Lipinski definition) is 1. The van der Waals surface area contributed by atoms with Gasteiger partial charge in [-0.2, -0.15) is 0 Å². The molecule has 0 saturated carbocycles. The maximum Gasteiger partial charge on any atom is 0.311 e. The zero-order chi connectivity index (χ0) is 9.97. The standard InChI is InChI=1S/C9H7NO3S/c11-8(12)4-6-9(10-5-13-6)7-2-1-3-14-7/h1-3,5H,4H2,(H,11,12). The van der Waals surface area contributed by atoms with E-state index < -0.39 is 5.97 Å². The highest BCUT2D eigenvalue weighted by molar-refractivity contribution is 7.13. The van der Waals surface area contributed by atoms with Gasteiger partial charge in [0.25, 0.3) is 0 Å². The summed E-state index contributed by atoms with van der Waals surface area (Å²) in [5.41, 5.74) is 0.627. The Balaban J connectivity index is 2.35. The van der Waals surface area contributed by atoms with Gasteiger partial charge in [-0.1, -0.05) is 6.07 Å². The number of carbonyl (C=O) groups is 1. The zero-order valence-corrected chi connectivity index (χ0v) is 7.95. The highest BCUT2D eigenvalue weighted by atomic mass is 32.1. The molecule has 5 heteroatoms. The number of thiophene rings is 1. The van der Waals surface area contributed by atoms with Gasteiger partial charge in [-0.25, -0.2) is 4.98 Å². The van der Waals surface area contributed by atoms with E-state index in [0.717, 1.165) is 4.88 Å². The van der Waals surface area contributed by atoms with Gasteiger partial charge in [0.05, 0.1) is 4.88 Å². The van der Waals surface area contributed by atoms with Gasteiger partial charge >= 0.3 is 5.97 Å². The lowest BCUT2D eigenvalue weighted by molar-refractivity contribution is -0.136. The van der Waals surface area contributed by atoms with E-state index in [2.05, 4.69) is 4.98 Å². The lowest BCUT2D eigenvalue weighted by Crippen LogP contribution is -1.99. The van der Waals surface area contributed by atoms with Gasteiger partial charge in [0, 0.05) is 0 Å². The SMILES string of the molecule is O=C(O)Cc1ocnc1-c1cccs1. The fraction of sp³-hybridized carbons (Fsp3) is 0.111. The molecule has 0 unspecified atom stereocenters. The summed E-state index contributed by atoms with van der Waals surface area (Å²) in [6.45, 7) is 0. The van der Waals surface area contributed by atoms with Crippen molar-refractivity contribution in [2.24, 2.45) is 0 Å². The molecule has 0 amide bonds. The fourth-order valence-corrected chi connectivity index (χ4v) is 1.89. The maximum atomic E-state index is 10.5. The Morgan fingerprint density at radius 3 is 3.14 bits per heavy atom. The van der Waals surface area contributed by atoms with Crippen LogP contribution in [0.3, 0.4) is 0 Å². The summed E-state index contributed by atoms with van der Waals surface area (Å²) >= 11 is 1.51. The molecule has 72 valence electrons. The second kappa shape index (κ2) is 3.63. The van der Waals surface area contributed by atoms with Gasteiger partial charge < -0.3 is 9.52 Å². The van der Waals surface area contributed by atoms with Crippen LogP contribution in [-0.2, 0) is 11.2 Å². The van der Waals surface area contributed by atoms with E-state index in [1.807, 2.05) is 17.5 Å². The number of oxazole rings is 1. The largest absolute Gasteiger partial charge is 0.481 e. The highest BCUT2D eigenvalue weighted by Crippen LogP contribution is 2.26. The Bertz CT molecular complexity index is 433. The van der Waals surface area contributed by atoms with Crippen LogP contribution in [0.1, 0.15) is 5.76 Å². The Kier molecular flexibility index (Phi) is 2.32. The second-order valence-electron chi connectivity index (χ2n) is 2.67. The monoisotopic (exact) mass is 209 g/mol. The molecule has 0 saturated heterocycles. The average molecular weight is 209 g/mol. The first-order valence-corrected chi connectivity index (χ1v) is 4.83. The summed E-state index contributed by atoms with van der Waals surface area (Å²) in [7, 11) is 0. The molecule has 0 aliphatic carbocycles. The van der Waals surface area contributed by atoms with Crippen LogP contribution in [-0.4, -0.2) is 16.1 Å². The molecule has 0 spiro atoms. The van der Waals surface area contributed by atoms with E-state index in [9.17, 15) is 4.79 Å². The zero-order valence-electron chi connectivity index (χ0n) is 7.14. The molecule has 0 aromatic carbocycles. The van der Waals surface area contributed by atoms with Gasteiger partial charge in [0.2, 0.25) is 0 Å². The van der Waals surface area contributed by atoms with Crippen LogP contribution in [0.25, 0.3) is 10.6 Å². The molecule has 1 N–H and O–H groups in total. The molecule has 0 fully saturated rings. The van der Waals surface area contributed by atoms with Crippen molar-refractivity contribution in [1.29, 1.82) is 0 Å².